The van der Waals surface area contributed by atoms with Gasteiger partial charge in [0.25, 0.3) is 0 Å². The predicted octanol–water partition coefficient (Wildman–Crippen LogP) is 5.63. The maximum absolute atomic E-state index is 11.3. The molecule has 0 aromatic heterocycles. The van der Waals surface area contributed by atoms with E-state index in [0.29, 0.717) is 0 Å². The topological polar surface area (TPSA) is 17.1 Å². The van der Waals surface area contributed by atoms with Gasteiger partial charge < -0.3 is 0 Å². The van der Waals surface area contributed by atoms with Crippen LogP contribution in [0, 0.1) is 5.92 Å². The normalized spacial score (nSPS) is 13.1. The molecule has 0 aliphatic rings. The largest absolute Gasteiger partial charge is 0.299 e. The Kier molecular flexibility index (Phi) is 12.3. The maximum Gasteiger partial charge on any atom is 0.136 e. The van der Waals surface area contributed by atoms with Crippen LogP contribution in [0.25, 0.3) is 0 Å². The van der Waals surface area contributed by atoms with Crippen molar-refractivity contribution in [2.24, 2.45) is 5.92 Å². The number of Topliss-reactive ketones (excluding diaryl/α,β-unsaturated/α-hetero) is 1. The van der Waals surface area contributed by atoms with E-state index in [9.17, 15) is 4.79 Å². The summed E-state index contributed by atoms with van der Waals surface area (Å²) in [6.45, 7) is 3.93. The zero-order chi connectivity index (χ0) is 12.9. The molecule has 1 atom stereocenters. The first-order valence-corrected chi connectivity index (χ1v) is 7.91. The Bertz CT molecular complexity index is 211. The van der Waals surface area contributed by atoms with E-state index < -0.39 is 0 Å². The van der Waals surface area contributed by atoms with E-state index in [1.54, 1.807) is 6.92 Å². The third-order valence-corrected chi connectivity index (χ3v) is 3.50. The van der Waals surface area contributed by atoms with Crippen molar-refractivity contribution >= 4 is 21.7 Å². The van der Waals surface area contributed by atoms with Gasteiger partial charge in [-0.1, -0.05) is 80.3 Å². The van der Waals surface area contributed by atoms with Gasteiger partial charge in [0.1, 0.15) is 5.78 Å². The molecule has 0 aliphatic heterocycles. The van der Waals surface area contributed by atoms with Crippen LogP contribution in [0.2, 0.25) is 0 Å². The first-order valence-electron chi connectivity index (χ1n) is 6.99. The minimum Gasteiger partial charge on any atom is -0.299 e. The Morgan fingerprint density at radius 3 is 2.06 bits per heavy atom. The average Bonchev–Trinajstić information content (AvgIpc) is 2.31. The van der Waals surface area contributed by atoms with Crippen LogP contribution in [0.15, 0.2) is 11.1 Å². The van der Waals surface area contributed by atoms with Gasteiger partial charge in [0.2, 0.25) is 0 Å². The Balaban J connectivity index is 3.39. The molecule has 0 rings (SSSR count). The molecule has 0 aromatic carbocycles. The minimum atomic E-state index is 0.120. The van der Waals surface area contributed by atoms with Crippen LogP contribution >= 0.6 is 15.9 Å². The summed E-state index contributed by atoms with van der Waals surface area (Å²) in [6, 6.07) is 0. The zero-order valence-corrected chi connectivity index (χ0v) is 13.0. The third kappa shape index (κ3) is 10.7. The van der Waals surface area contributed by atoms with Gasteiger partial charge in [-0.15, -0.1) is 0 Å². The van der Waals surface area contributed by atoms with Crippen molar-refractivity contribution < 1.29 is 4.79 Å². The summed E-state index contributed by atoms with van der Waals surface area (Å²) in [7, 11) is 0. The molecule has 0 aromatic rings. The Labute approximate surface area is 115 Å². The lowest BCUT2D eigenvalue weighted by atomic mass is 9.97. The highest BCUT2D eigenvalue weighted by atomic mass is 79.9. The molecule has 0 fully saturated rings. The number of hydrogen-bond acceptors (Lipinski definition) is 1. The van der Waals surface area contributed by atoms with Crippen molar-refractivity contribution in [2.45, 2.75) is 71.6 Å². The molecule has 0 radical (unpaired) electrons. The summed E-state index contributed by atoms with van der Waals surface area (Å²) in [5.74, 6) is 0.401. The molecule has 0 heterocycles. The number of ketones is 1. The number of hydrogen-bond donors (Lipinski definition) is 0. The molecule has 100 valence electrons. The van der Waals surface area contributed by atoms with E-state index in [1.165, 1.54) is 51.4 Å². The lowest BCUT2D eigenvalue weighted by molar-refractivity contribution is -0.119. The molecule has 2 heteroatoms. The van der Waals surface area contributed by atoms with Crippen molar-refractivity contribution in [1.29, 1.82) is 0 Å². The number of carbonyl (C=O) groups is 1. The Morgan fingerprint density at radius 2 is 1.59 bits per heavy atom. The highest BCUT2D eigenvalue weighted by Crippen LogP contribution is 2.15. The second kappa shape index (κ2) is 12.3. The lowest BCUT2D eigenvalue weighted by Gasteiger charge is -2.08. The van der Waals surface area contributed by atoms with Crippen molar-refractivity contribution in [3.63, 3.8) is 0 Å². The second-order valence-corrected chi connectivity index (χ2v) is 5.33. The van der Waals surface area contributed by atoms with E-state index in [4.69, 9.17) is 0 Å². The Hall–Kier alpha value is -0.110. The van der Waals surface area contributed by atoms with Crippen molar-refractivity contribution in [3.8, 4) is 0 Å². The fourth-order valence-corrected chi connectivity index (χ4v) is 2.39. The molecule has 0 aliphatic carbocycles. The number of unbranched alkanes of at least 4 members (excludes halogenated alkanes) is 7. The van der Waals surface area contributed by atoms with E-state index in [1.807, 2.05) is 11.1 Å². The minimum absolute atomic E-state index is 0.120. The number of allylic oxidation sites excluding steroid dienone is 1. The summed E-state index contributed by atoms with van der Waals surface area (Å²) >= 11 is 3.24. The zero-order valence-electron chi connectivity index (χ0n) is 11.4. The second-order valence-electron chi connectivity index (χ2n) is 4.80. The summed E-state index contributed by atoms with van der Waals surface area (Å²) in [5.41, 5.74) is 0. The van der Waals surface area contributed by atoms with Crippen LogP contribution in [-0.4, -0.2) is 5.78 Å². The SMILES string of the molecule is CCCCCCCCCCC(/C=C\Br)C(C)=O. The fourth-order valence-electron chi connectivity index (χ4n) is 2.02. The van der Waals surface area contributed by atoms with Crippen LogP contribution in [0.4, 0.5) is 0 Å². The quantitative estimate of drug-likeness (QED) is 0.452. The standard InChI is InChI=1S/C15H27BrO/c1-3-4-5-6-7-8-9-10-11-15(12-13-16)14(2)17/h12-13,15H,3-11H2,1-2H3/b13-12-. The molecule has 0 saturated carbocycles. The van der Waals surface area contributed by atoms with Crippen LogP contribution in [0.3, 0.4) is 0 Å². The van der Waals surface area contributed by atoms with Crippen LogP contribution in [0.1, 0.15) is 71.6 Å². The van der Waals surface area contributed by atoms with Gasteiger partial charge in [-0.25, -0.2) is 0 Å². The molecule has 0 N–H and O–H groups in total. The average molecular weight is 303 g/mol. The van der Waals surface area contributed by atoms with Gasteiger partial charge in [0, 0.05) is 5.92 Å². The summed E-state index contributed by atoms with van der Waals surface area (Å²) < 4.78 is 0. The predicted molar refractivity (Wildman–Crippen MR) is 79.5 cm³/mol. The van der Waals surface area contributed by atoms with Crippen LogP contribution < -0.4 is 0 Å². The molecule has 17 heavy (non-hydrogen) atoms. The monoisotopic (exact) mass is 302 g/mol. The highest BCUT2D eigenvalue weighted by molar-refractivity contribution is 9.11. The van der Waals surface area contributed by atoms with Gasteiger partial charge in [0.15, 0.2) is 0 Å². The van der Waals surface area contributed by atoms with Crippen molar-refractivity contribution in [2.75, 3.05) is 0 Å². The van der Waals surface area contributed by atoms with Crippen LogP contribution in [0.5, 0.6) is 0 Å². The number of carbonyl (C=O) groups excluding carboxylic acids is 1. The number of rotatable bonds is 11. The molecular formula is C15H27BrO. The van der Waals surface area contributed by atoms with Crippen molar-refractivity contribution in [3.05, 3.63) is 11.1 Å². The van der Waals surface area contributed by atoms with Gasteiger partial charge >= 0.3 is 0 Å². The van der Waals surface area contributed by atoms with Gasteiger partial charge in [-0.05, 0) is 18.3 Å². The maximum atomic E-state index is 11.3. The third-order valence-electron chi connectivity index (χ3n) is 3.20. The van der Waals surface area contributed by atoms with Gasteiger partial charge in [-0.3, -0.25) is 4.79 Å². The summed E-state index contributed by atoms with van der Waals surface area (Å²) in [6.07, 6.45) is 13.6. The molecule has 0 saturated heterocycles. The van der Waals surface area contributed by atoms with Crippen LogP contribution in [-0.2, 0) is 4.79 Å². The van der Waals surface area contributed by atoms with E-state index in [-0.39, 0.29) is 11.7 Å². The van der Waals surface area contributed by atoms with Gasteiger partial charge in [0.05, 0.1) is 0 Å². The summed E-state index contributed by atoms with van der Waals surface area (Å²) in [5, 5.41) is 0. The van der Waals surface area contributed by atoms with Gasteiger partial charge in [-0.2, -0.15) is 0 Å². The fraction of sp³-hybridized carbons (Fsp3) is 0.800. The van der Waals surface area contributed by atoms with E-state index in [0.717, 1.165) is 6.42 Å². The molecule has 0 spiro atoms. The Morgan fingerprint density at radius 1 is 1.06 bits per heavy atom. The number of halogens is 1. The molecular weight excluding hydrogens is 276 g/mol. The van der Waals surface area contributed by atoms with Crippen molar-refractivity contribution in [1.82, 2.24) is 0 Å². The van der Waals surface area contributed by atoms with E-state index in [2.05, 4.69) is 22.9 Å². The molecule has 1 nitrogen and oxygen atoms in total. The molecule has 0 bridgehead atoms. The lowest BCUT2D eigenvalue weighted by Crippen LogP contribution is -2.07. The molecule has 0 amide bonds. The highest BCUT2D eigenvalue weighted by Gasteiger charge is 2.09. The first kappa shape index (κ1) is 16.9. The molecule has 1 unspecified atom stereocenters. The smallest absolute Gasteiger partial charge is 0.136 e. The van der Waals surface area contributed by atoms with E-state index >= 15 is 0 Å². The summed E-state index contributed by atoms with van der Waals surface area (Å²) in [4.78, 5) is 13.1. The first-order chi connectivity index (χ1) is 8.22.